The van der Waals surface area contributed by atoms with Gasteiger partial charge in [0, 0.05) is 17.8 Å². The van der Waals surface area contributed by atoms with Crippen molar-refractivity contribution in [2.24, 2.45) is 0 Å². The molecule has 0 unspecified atom stereocenters. The first-order chi connectivity index (χ1) is 12.1. The van der Waals surface area contributed by atoms with Crippen LogP contribution in [0.25, 0.3) is 0 Å². The first-order valence-electron chi connectivity index (χ1n) is 9.31. The summed E-state index contributed by atoms with van der Waals surface area (Å²) in [5.74, 6) is 0.0844. The molecule has 0 saturated carbocycles. The summed E-state index contributed by atoms with van der Waals surface area (Å²) in [6, 6.07) is 19.4. The minimum Gasteiger partial charge on any atom is -0.325 e. The van der Waals surface area contributed by atoms with Gasteiger partial charge in [-0.15, -0.1) is 0 Å². The van der Waals surface area contributed by atoms with E-state index in [1.807, 2.05) is 24.3 Å². The van der Waals surface area contributed by atoms with Gasteiger partial charge in [-0.25, -0.2) is 0 Å². The molecule has 1 N–H and O–H groups in total. The Morgan fingerprint density at radius 1 is 1.00 bits per heavy atom. The van der Waals surface area contributed by atoms with Gasteiger partial charge in [0.2, 0.25) is 5.91 Å². The number of likely N-dealkylation sites (tertiary alicyclic amines) is 1. The smallest absolute Gasteiger partial charge is 0.238 e. The molecule has 0 aromatic heterocycles. The van der Waals surface area contributed by atoms with Crippen LogP contribution in [0.15, 0.2) is 54.6 Å². The van der Waals surface area contributed by atoms with Gasteiger partial charge in [0.1, 0.15) is 0 Å². The quantitative estimate of drug-likeness (QED) is 0.873. The number of carbonyl (C=O) groups is 1. The largest absolute Gasteiger partial charge is 0.325 e. The molecule has 132 valence electrons. The van der Waals surface area contributed by atoms with Crippen LogP contribution in [-0.2, 0) is 11.2 Å². The third kappa shape index (κ3) is 4.70. The van der Waals surface area contributed by atoms with Crippen molar-refractivity contribution in [3.63, 3.8) is 0 Å². The van der Waals surface area contributed by atoms with E-state index in [0.29, 0.717) is 18.6 Å². The highest BCUT2D eigenvalue weighted by Crippen LogP contribution is 2.23. The number of piperidine rings is 1. The lowest BCUT2D eigenvalue weighted by atomic mass is 9.97. The summed E-state index contributed by atoms with van der Waals surface area (Å²) in [4.78, 5) is 15.0. The number of hydrogen-bond donors (Lipinski definition) is 1. The van der Waals surface area contributed by atoms with Gasteiger partial charge >= 0.3 is 0 Å². The van der Waals surface area contributed by atoms with Crippen molar-refractivity contribution < 1.29 is 4.79 Å². The maximum atomic E-state index is 12.6. The lowest BCUT2D eigenvalue weighted by molar-refractivity contribution is -0.118. The van der Waals surface area contributed by atoms with Crippen molar-refractivity contribution in [2.75, 3.05) is 11.9 Å². The Labute approximate surface area is 151 Å². The number of anilines is 1. The highest BCUT2D eigenvalue weighted by molar-refractivity contribution is 5.93. The van der Waals surface area contributed by atoms with E-state index >= 15 is 0 Å². The molecule has 3 rings (SSSR count). The normalized spacial score (nSPS) is 21.0. The zero-order valence-electron chi connectivity index (χ0n) is 15.2. The van der Waals surface area contributed by atoms with Crippen LogP contribution in [-0.4, -0.2) is 29.4 Å². The van der Waals surface area contributed by atoms with E-state index in [2.05, 4.69) is 54.4 Å². The fraction of sp³-hybridized carbons (Fsp3) is 0.409. The summed E-state index contributed by atoms with van der Waals surface area (Å²) in [5.41, 5.74) is 3.33. The van der Waals surface area contributed by atoms with Crippen LogP contribution in [0.4, 0.5) is 5.69 Å². The summed E-state index contributed by atoms with van der Waals surface area (Å²) >= 11 is 0. The first-order valence-corrected chi connectivity index (χ1v) is 9.31. The molecule has 0 aliphatic carbocycles. The number of nitrogens with one attached hydrogen (secondary N) is 1. The fourth-order valence-corrected chi connectivity index (χ4v) is 3.75. The second-order valence-electron chi connectivity index (χ2n) is 7.17. The summed E-state index contributed by atoms with van der Waals surface area (Å²) in [7, 11) is 0. The zero-order chi connectivity index (χ0) is 17.6. The van der Waals surface area contributed by atoms with E-state index in [-0.39, 0.29) is 5.91 Å². The van der Waals surface area contributed by atoms with Gasteiger partial charge < -0.3 is 5.32 Å². The highest BCUT2D eigenvalue weighted by atomic mass is 16.2. The number of hydrogen-bond acceptors (Lipinski definition) is 2. The molecule has 1 fully saturated rings. The highest BCUT2D eigenvalue weighted by Gasteiger charge is 2.26. The fourth-order valence-electron chi connectivity index (χ4n) is 3.75. The molecule has 1 heterocycles. The van der Waals surface area contributed by atoms with Crippen molar-refractivity contribution in [2.45, 2.75) is 51.6 Å². The maximum Gasteiger partial charge on any atom is 0.238 e. The second-order valence-corrected chi connectivity index (χ2v) is 7.17. The molecule has 25 heavy (non-hydrogen) atoms. The molecule has 2 aromatic rings. The molecule has 1 amide bonds. The van der Waals surface area contributed by atoms with E-state index in [4.69, 9.17) is 0 Å². The van der Waals surface area contributed by atoms with Gasteiger partial charge in [-0.1, -0.05) is 55.0 Å². The summed E-state index contributed by atoms with van der Waals surface area (Å²) in [5, 5.41) is 3.14. The molecule has 3 nitrogen and oxygen atoms in total. The second kappa shape index (κ2) is 8.30. The number of benzene rings is 2. The third-order valence-electron chi connectivity index (χ3n) is 5.23. The van der Waals surface area contributed by atoms with Crippen LogP contribution in [0.1, 0.15) is 44.2 Å². The minimum atomic E-state index is 0.0844. The van der Waals surface area contributed by atoms with Gasteiger partial charge in [0.25, 0.3) is 0 Å². The summed E-state index contributed by atoms with van der Waals surface area (Å²) < 4.78 is 0. The Morgan fingerprint density at radius 2 is 1.64 bits per heavy atom. The zero-order valence-corrected chi connectivity index (χ0v) is 15.2. The van der Waals surface area contributed by atoms with E-state index < -0.39 is 0 Å². The Balaban J connectivity index is 1.67. The minimum absolute atomic E-state index is 0.0844. The molecule has 3 heteroatoms. The van der Waals surface area contributed by atoms with Crippen molar-refractivity contribution in [1.82, 2.24) is 4.90 Å². The third-order valence-corrected chi connectivity index (χ3v) is 5.23. The Hall–Kier alpha value is -2.13. The molecule has 0 radical (unpaired) electrons. The summed E-state index contributed by atoms with van der Waals surface area (Å²) in [6.07, 6.45) is 4.46. The van der Waals surface area contributed by atoms with Crippen LogP contribution in [0.3, 0.4) is 0 Å². The molecule has 2 atom stereocenters. The van der Waals surface area contributed by atoms with Crippen LogP contribution in [0.5, 0.6) is 0 Å². The average Bonchev–Trinajstić information content (AvgIpc) is 2.61. The summed E-state index contributed by atoms with van der Waals surface area (Å²) in [6.45, 7) is 4.93. The van der Waals surface area contributed by atoms with Gasteiger partial charge in [0.15, 0.2) is 0 Å². The molecular formula is C22H28N2O. The van der Waals surface area contributed by atoms with E-state index in [1.54, 1.807) is 0 Å². The topological polar surface area (TPSA) is 32.3 Å². The number of nitrogens with zero attached hydrogens (tertiary/aromatic N) is 1. The lowest BCUT2D eigenvalue weighted by Crippen LogP contribution is -2.47. The van der Waals surface area contributed by atoms with Crippen molar-refractivity contribution in [1.29, 1.82) is 0 Å². The number of rotatable bonds is 5. The molecule has 2 aromatic carbocycles. The predicted molar refractivity (Wildman–Crippen MR) is 104 cm³/mol. The average molecular weight is 336 g/mol. The van der Waals surface area contributed by atoms with Crippen LogP contribution < -0.4 is 5.32 Å². The predicted octanol–water partition coefficient (Wildman–Crippen LogP) is 4.48. The number of para-hydroxylation sites is 1. The van der Waals surface area contributed by atoms with E-state index in [9.17, 15) is 4.79 Å². The van der Waals surface area contributed by atoms with Gasteiger partial charge in [-0.2, -0.15) is 0 Å². The van der Waals surface area contributed by atoms with Crippen LogP contribution >= 0.6 is 0 Å². The first kappa shape index (κ1) is 17.7. The van der Waals surface area contributed by atoms with E-state index in [0.717, 1.165) is 17.7 Å². The van der Waals surface area contributed by atoms with Crippen molar-refractivity contribution in [3.05, 3.63) is 65.7 Å². The standard InChI is InChI=1S/C22H28N2O/c1-17-9-8-10-18(2)24(17)16-22(25)23-21-14-7-6-13-20(21)15-19-11-4-3-5-12-19/h3-7,11-14,17-18H,8-10,15-16H2,1-2H3,(H,23,25)/t17-,18-/m1/s1. The number of carbonyl (C=O) groups excluding carboxylic acids is 1. The molecule has 1 saturated heterocycles. The maximum absolute atomic E-state index is 12.6. The molecule has 1 aliphatic heterocycles. The molecule has 0 spiro atoms. The van der Waals surface area contributed by atoms with E-state index in [1.165, 1.54) is 24.8 Å². The molecular weight excluding hydrogens is 308 g/mol. The van der Waals surface area contributed by atoms with Gasteiger partial charge in [0.05, 0.1) is 6.54 Å². The Bertz CT molecular complexity index is 688. The van der Waals surface area contributed by atoms with Crippen molar-refractivity contribution >= 4 is 11.6 Å². The SMILES string of the molecule is C[C@@H]1CCC[C@@H](C)N1CC(=O)Nc1ccccc1Cc1ccccc1. The molecule has 1 aliphatic rings. The monoisotopic (exact) mass is 336 g/mol. The Kier molecular flexibility index (Phi) is 5.87. The van der Waals surface area contributed by atoms with Gasteiger partial charge in [-0.3, -0.25) is 9.69 Å². The van der Waals surface area contributed by atoms with Crippen LogP contribution in [0, 0.1) is 0 Å². The number of amides is 1. The van der Waals surface area contributed by atoms with Gasteiger partial charge in [-0.05, 0) is 50.3 Å². The lowest BCUT2D eigenvalue weighted by Gasteiger charge is -2.38. The molecule has 0 bridgehead atoms. The van der Waals surface area contributed by atoms with Crippen molar-refractivity contribution in [3.8, 4) is 0 Å². The van der Waals surface area contributed by atoms with Crippen LogP contribution in [0.2, 0.25) is 0 Å². The Morgan fingerprint density at radius 3 is 2.36 bits per heavy atom.